The molecule has 1 aliphatic rings. The van der Waals surface area contributed by atoms with Gasteiger partial charge in [0.25, 0.3) is 0 Å². The van der Waals surface area contributed by atoms with Crippen molar-refractivity contribution in [3.63, 3.8) is 0 Å². The number of aliphatic hydroxyl groups is 1. The third kappa shape index (κ3) is 3.11. The van der Waals surface area contributed by atoms with E-state index < -0.39 is 0 Å². The van der Waals surface area contributed by atoms with E-state index in [0.717, 1.165) is 25.1 Å². The molecular formula is C17H27NO. The average Bonchev–Trinajstić information content (AvgIpc) is 2.47. The lowest BCUT2D eigenvalue weighted by Crippen LogP contribution is -2.39. The van der Waals surface area contributed by atoms with Gasteiger partial charge in [-0.05, 0) is 30.7 Å². The Morgan fingerprint density at radius 1 is 1.21 bits per heavy atom. The molecule has 1 N–H and O–H groups in total. The van der Waals surface area contributed by atoms with E-state index in [1.54, 1.807) is 0 Å². The predicted molar refractivity (Wildman–Crippen MR) is 81.5 cm³/mol. The lowest BCUT2D eigenvalue weighted by atomic mass is 9.78. The number of para-hydroxylation sites is 1. The summed E-state index contributed by atoms with van der Waals surface area (Å²) in [6.45, 7) is 8.95. The Balaban J connectivity index is 2.15. The van der Waals surface area contributed by atoms with E-state index in [4.69, 9.17) is 0 Å². The smallest absolute Gasteiger partial charge is 0.0807 e. The second-order valence-electron chi connectivity index (χ2n) is 6.13. The predicted octanol–water partition coefficient (Wildman–Crippen LogP) is 4.15. The van der Waals surface area contributed by atoms with Crippen molar-refractivity contribution in [2.45, 2.75) is 52.6 Å². The molecule has 1 aromatic rings. The molecule has 2 nitrogen and oxygen atoms in total. The summed E-state index contributed by atoms with van der Waals surface area (Å²) in [7, 11) is 0. The molecule has 0 aliphatic carbocycles. The largest absolute Gasteiger partial charge is 0.388 e. The lowest BCUT2D eigenvalue weighted by molar-refractivity contribution is 0.173. The second-order valence-corrected chi connectivity index (χ2v) is 6.13. The number of benzene rings is 1. The van der Waals surface area contributed by atoms with Crippen LogP contribution in [0.1, 0.15) is 58.1 Å². The van der Waals surface area contributed by atoms with Crippen LogP contribution < -0.4 is 4.90 Å². The van der Waals surface area contributed by atoms with Crippen LogP contribution in [0.15, 0.2) is 24.3 Å². The van der Waals surface area contributed by atoms with Crippen LogP contribution in [-0.4, -0.2) is 18.2 Å². The Morgan fingerprint density at radius 3 is 2.42 bits per heavy atom. The summed E-state index contributed by atoms with van der Waals surface area (Å²) < 4.78 is 0. The van der Waals surface area contributed by atoms with Crippen molar-refractivity contribution >= 4 is 5.69 Å². The molecule has 2 rings (SSSR count). The van der Waals surface area contributed by atoms with Crippen molar-refractivity contribution in [2.75, 3.05) is 18.0 Å². The summed E-state index contributed by atoms with van der Waals surface area (Å²) in [5, 5.41) is 10.2. The summed E-state index contributed by atoms with van der Waals surface area (Å²) in [5.74, 6) is 0. The molecule has 0 spiro atoms. The Bertz CT molecular complexity index is 407. The maximum absolute atomic E-state index is 10.2. The zero-order chi connectivity index (χ0) is 13.9. The number of anilines is 1. The topological polar surface area (TPSA) is 23.5 Å². The molecule has 19 heavy (non-hydrogen) atoms. The van der Waals surface area contributed by atoms with Crippen LogP contribution in [0.25, 0.3) is 0 Å². The number of hydrogen-bond acceptors (Lipinski definition) is 2. The van der Waals surface area contributed by atoms with E-state index >= 15 is 0 Å². The van der Waals surface area contributed by atoms with Crippen LogP contribution in [0.5, 0.6) is 0 Å². The number of hydrogen-bond donors (Lipinski definition) is 1. The SMILES string of the molecule is CC[C@H](O)c1ccccc1N1CCC(C)(CC)CC1. The second kappa shape index (κ2) is 5.96. The highest BCUT2D eigenvalue weighted by atomic mass is 16.3. The fraction of sp³-hybridized carbons (Fsp3) is 0.647. The Morgan fingerprint density at radius 2 is 1.84 bits per heavy atom. The fourth-order valence-corrected chi connectivity index (χ4v) is 2.92. The molecule has 1 saturated heterocycles. The van der Waals surface area contributed by atoms with E-state index in [1.807, 2.05) is 13.0 Å². The maximum atomic E-state index is 10.2. The van der Waals surface area contributed by atoms with Gasteiger partial charge in [-0.1, -0.05) is 45.4 Å². The zero-order valence-corrected chi connectivity index (χ0v) is 12.5. The Hall–Kier alpha value is -1.02. The van der Waals surface area contributed by atoms with E-state index in [-0.39, 0.29) is 6.10 Å². The van der Waals surface area contributed by atoms with Gasteiger partial charge < -0.3 is 10.0 Å². The van der Waals surface area contributed by atoms with Gasteiger partial charge in [-0.25, -0.2) is 0 Å². The first-order valence-electron chi connectivity index (χ1n) is 7.61. The molecule has 0 radical (unpaired) electrons. The first-order chi connectivity index (χ1) is 9.09. The fourth-order valence-electron chi connectivity index (χ4n) is 2.92. The van der Waals surface area contributed by atoms with Crippen molar-refractivity contribution in [2.24, 2.45) is 5.41 Å². The molecule has 1 aromatic carbocycles. The monoisotopic (exact) mass is 261 g/mol. The van der Waals surface area contributed by atoms with Crippen LogP contribution in [0, 0.1) is 5.41 Å². The molecule has 0 aromatic heterocycles. The van der Waals surface area contributed by atoms with E-state index in [2.05, 4.69) is 36.9 Å². The highest BCUT2D eigenvalue weighted by molar-refractivity contribution is 5.55. The molecule has 0 saturated carbocycles. The van der Waals surface area contributed by atoms with E-state index in [9.17, 15) is 5.11 Å². The van der Waals surface area contributed by atoms with Gasteiger partial charge in [-0.2, -0.15) is 0 Å². The standard InChI is InChI=1S/C17H27NO/c1-4-16(19)14-8-6-7-9-15(14)18-12-10-17(3,5-2)11-13-18/h6-9,16,19H,4-5,10-13H2,1-3H3/t16-/m0/s1. The highest BCUT2D eigenvalue weighted by Crippen LogP contribution is 2.37. The minimum Gasteiger partial charge on any atom is -0.388 e. The summed E-state index contributed by atoms with van der Waals surface area (Å²) in [6.07, 6.45) is 4.20. The van der Waals surface area contributed by atoms with Gasteiger partial charge in [-0.15, -0.1) is 0 Å². The minimum absolute atomic E-state index is 0.337. The van der Waals surface area contributed by atoms with Crippen LogP contribution in [0.2, 0.25) is 0 Å². The Kier molecular flexibility index (Phi) is 4.51. The summed E-state index contributed by atoms with van der Waals surface area (Å²) in [5.41, 5.74) is 2.83. The van der Waals surface area contributed by atoms with Crippen molar-refractivity contribution in [1.29, 1.82) is 0 Å². The zero-order valence-electron chi connectivity index (χ0n) is 12.5. The molecule has 0 amide bonds. The molecule has 1 heterocycles. The van der Waals surface area contributed by atoms with Gasteiger partial charge in [-0.3, -0.25) is 0 Å². The van der Waals surface area contributed by atoms with Crippen LogP contribution >= 0.6 is 0 Å². The number of rotatable bonds is 4. The van der Waals surface area contributed by atoms with Crippen molar-refractivity contribution in [3.8, 4) is 0 Å². The van der Waals surface area contributed by atoms with Gasteiger partial charge in [0, 0.05) is 24.3 Å². The maximum Gasteiger partial charge on any atom is 0.0807 e. The van der Waals surface area contributed by atoms with Crippen molar-refractivity contribution < 1.29 is 5.11 Å². The molecular weight excluding hydrogens is 234 g/mol. The van der Waals surface area contributed by atoms with Crippen LogP contribution in [-0.2, 0) is 0 Å². The van der Waals surface area contributed by atoms with Gasteiger partial charge in [0.15, 0.2) is 0 Å². The third-order valence-corrected chi connectivity index (χ3v) is 4.85. The summed E-state index contributed by atoms with van der Waals surface area (Å²) in [4.78, 5) is 2.45. The van der Waals surface area contributed by atoms with Gasteiger partial charge in [0.05, 0.1) is 6.10 Å². The van der Waals surface area contributed by atoms with Crippen LogP contribution in [0.4, 0.5) is 5.69 Å². The molecule has 106 valence electrons. The number of nitrogens with zero attached hydrogens (tertiary/aromatic N) is 1. The highest BCUT2D eigenvalue weighted by Gasteiger charge is 2.29. The Labute approximate surface area is 117 Å². The first-order valence-corrected chi connectivity index (χ1v) is 7.61. The normalized spacial score (nSPS) is 20.3. The molecule has 1 aliphatic heterocycles. The molecule has 1 atom stereocenters. The minimum atomic E-state index is -0.337. The van der Waals surface area contributed by atoms with E-state index in [0.29, 0.717) is 5.41 Å². The van der Waals surface area contributed by atoms with Crippen molar-refractivity contribution in [3.05, 3.63) is 29.8 Å². The quantitative estimate of drug-likeness (QED) is 0.880. The molecule has 1 fully saturated rings. The van der Waals surface area contributed by atoms with E-state index in [1.165, 1.54) is 24.9 Å². The summed E-state index contributed by atoms with van der Waals surface area (Å²) in [6, 6.07) is 8.33. The third-order valence-electron chi connectivity index (χ3n) is 4.85. The summed E-state index contributed by atoms with van der Waals surface area (Å²) >= 11 is 0. The molecule has 2 heteroatoms. The lowest BCUT2D eigenvalue weighted by Gasteiger charge is -2.41. The first kappa shape index (κ1) is 14.4. The molecule has 0 unspecified atom stereocenters. The van der Waals surface area contributed by atoms with Crippen LogP contribution in [0.3, 0.4) is 0 Å². The van der Waals surface area contributed by atoms with Gasteiger partial charge in [0.1, 0.15) is 0 Å². The van der Waals surface area contributed by atoms with Gasteiger partial charge >= 0.3 is 0 Å². The van der Waals surface area contributed by atoms with Gasteiger partial charge in [0.2, 0.25) is 0 Å². The molecule has 0 bridgehead atoms. The number of piperidine rings is 1. The van der Waals surface area contributed by atoms with Crippen molar-refractivity contribution in [1.82, 2.24) is 0 Å². The average molecular weight is 261 g/mol. The number of aliphatic hydroxyl groups excluding tert-OH is 1.